The van der Waals surface area contributed by atoms with E-state index in [1.54, 1.807) is 24.9 Å². The average Bonchev–Trinajstić information content (AvgIpc) is 3.26. The molecule has 6 rings (SSSR count). The Bertz CT molecular complexity index is 1790. The molecule has 5 nitrogen and oxygen atoms in total. The normalized spacial score (nSPS) is 14.4. The van der Waals surface area contributed by atoms with Crippen LogP contribution in [-0.2, 0) is 11.3 Å². The Balaban J connectivity index is 1.10. The highest BCUT2D eigenvalue weighted by atomic mass is 32.2. The van der Waals surface area contributed by atoms with Crippen LogP contribution in [0, 0.1) is 0 Å². The Morgan fingerprint density at radius 1 is 0.805 bits per heavy atom. The minimum absolute atomic E-state index is 0.236. The molecule has 0 aromatic heterocycles. The largest absolute Gasteiger partial charge is 0.493 e. The van der Waals surface area contributed by atoms with Gasteiger partial charge in [-0.1, -0.05) is 78.9 Å². The first kappa shape index (κ1) is 27.0. The number of methoxy groups -OCH3 is 1. The van der Waals surface area contributed by atoms with E-state index in [1.165, 1.54) is 20.6 Å². The van der Waals surface area contributed by atoms with Crippen LogP contribution >= 0.6 is 23.5 Å². The molecular weight excluding hydrogens is 551 g/mol. The van der Waals surface area contributed by atoms with Gasteiger partial charge in [-0.3, -0.25) is 14.5 Å². The standard InChI is InChI=1S/C34H27NO4S2/c1-38-30-20-23(14-16-29(30)39-17-18-40-31-12-6-10-26-8-4-5-11-28(26)31)21-32-33(36)35(34(37)41-32)22-24-13-15-25-7-2-3-9-27(25)19-24/h2-16,19-21H,17-18,22H2,1H3/b32-21-. The number of carbonyl (C=O) groups excluding carboxylic acids is 2. The van der Waals surface area contributed by atoms with Crippen molar-refractivity contribution in [3.05, 3.63) is 119 Å². The van der Waals surface area contributed by atoms with Gasteiger partial charge in [0, 0.05) is 10.6 Å². The van der Waals surface area contributed by atoms with E-state index in [2.05, 4.69) is 36.4 Å². The van der Waals surface area contributed by atoms with Crippen molar-refractivity contribution in [2.24, 2.45) is 0 Å². The van der Waals surface area contributed by atoms with Crippen LogP contribution < -0.4 is 9.47 Å². The fraction of sp³-hybridized carbons (Fsp3) is 0.118. The molecule has 0 saturated carbocycles. The number of nitrogens with zero attached hydrogens (tertiary/aromatic N) is 1. The lowest BCUT2D eigenvalue weighted by Crippen LogP contribution is -2.27. The third-order valence-corrected chi connectivity index (χ3v) is 8.81. The van der Waals surface area contributed by atoms with Crippen LogP contribution in [-0.4, -0.2) is 35.5 Å². The second-order valence-corrected chi connectivity index (χ2v) is 11.7. The van der Waals surface area contributed by atoms with Crippen molar-refractivity contribution in [1.29, 1.82) is 0 Å². The number of carbonyl (C=O) groups is 2. The lowest BCUT2D eigenvalue weighted by molar-refractivity contribution is -0.123. The molecule has 0 N–H and O–H groups in total. The molecule has 5 aromatic carbocycles. The molecule has 2 amide bonds. The smallest absolute Gasteiger partial charge is 0.293 e. The van der Waals surface area contributed by atoms with Gasteiger partial charge in [-0.2, -0.15) is 0 Å². The number of ether oxygens (including phenoxy) is 2. The molecule has 7 heteroatoms. The molecule has 0 aliphatic carbocycles. The third kappa shape index (κ3) is 5.97. The molecule has 5 aromatic rings. The van der Waals surface area contributed by atoms with Gasteiger partial charge >= 0.3 is 0 Å². The molecule has 1 aliphatic rings. The van der Waals surface area contributed by atoms with E-state index in [1.807, 2.05) is 66.7 Å². The fourth-order valence-corrected chi connectivity index (χ4v) is 6.57. The summed E-state index contributed by atoms with van der Waals surface area (Å²) in [5.41, 5.74) is 1.67. The molecule has 0 atom stereocenters. The van der Waals surface area contributed by atoms with Crippen molar-refractivity contribution in [2.75, 3.05) is 19.5 Å². The first-order valence-electron chi connectivity index (χ1n) is 13.2. The minimum atomic E-state index is -0.294. The molecule has 41 heavy (non-hydrogen) atoms. The van der Waals surface area contributed by atoms with Gasteiger partial charge in [-0.15, -0.1) is 11.8 Å². The molecule has 0 bridgehead atoms. The Morgan fingerprint density at radius 3 is 2.44 bits per heavy atom. The summed E-state index contributed by atoms with van der Waals surface area (Å²) in [5.74, 6) is 1.69. The van der Waals surface area contributed by atoms with Gasteiger partial charge in [-0.25, -0.2) is 0 Å². The van der Waals surface area contributed by atoms with Crippen LogP contribution in [0.25, 0.3) is 27.6 Å². The van der Waals surface area contributed by atoms with Crippen LogP contribution in [0.1, 0.15) is 11.1 Å². The van der Waals surface area contributed by atoms with E-state index in [4.69, 9.17) is 9.47 Å². The average molecular weight is 578 g/mol. The molecule has 204 valence electrons. The zero-order valence-electron chi connectivity index (χ0n) is 22.4. The molecule has 1 heterocycles. The monoisotopic (exact) mass is 577 g/mol. The molecule has 1 aliphatic heterocycles. The van der Waals surface area contributed by atoms with Gasteiger partial charge in [0.1, 0.15) is 0 Å². The topological polar surface area (TPSA) is 55.8 Å². The Morgan fingerprint density at radius 2 is 1.59 bits per heavy atom. The predicted octanol–water partition coefficient (Wildman–Crippen LogP) is 8.41. The van der Waals surface area contributed by atoms with Gasteiger partial charge in [0.15, 0.2) is 11.5 Å². The van der Waals surface area contributed by atoms with E-state index in [-0.39, 0.29) is 17.7 Å². The Kier molecular flexibility index (Phi) is 7.98. The third-order valence-electron chi connectivity index (χ3n) is 6.86. The maximum Gasteiger partial charge on any atom is 0.293 e. The summed E-state index contributed by atoms with van der Waals surface area (Å²) in [4.78, 5) is 28.8. The number of amides is 2. The molecule has 1 saturated heterocycles. The number of hydrogen-bond donors (Lipinski definition) is 0. The summed E-state index contributed by atoms with van der Waals surface area (Å²) < 4.78 is 11.6. The lowest BCUT2D eigenvalue weighted by atomic mass is 10.1. The molecule has 0 radical (unpaired) electrons. The maximum absolute atomic E-state index is 13.1. The second kappa shape index (κ2) is 12.1. The van der Waals surface area contributed by atoms with E-state index < -0.39 is 0 Å². The highest BCUT2D eigenvalue weighted by Gasteiger charge is 2.35. The summed E-state index contributed by atoms with van der Waals surface area (Å²) in [6, 6.07) is 34.2. The number of benzene rings is 5. The molecular formula is C34H27NO4S2. The maximum atomic E-state index is 13.1. The van der Waals surface area contributed by atoms with E-state index >= 15 is 0 Å². The van der Waals surface area contributed by atoms with E-state index in [9.17, 15) is 9.59 Å². The number of fused-ring (bicyclic) bond motifs is 2. The SMILES string of the molecule is COc1cc(/C=C2\SC(=O)N(Cc3ccc4ccccc4c3)C2=O)ccc1OCCSc1cccc2ccccc12. The first-order valence-corrected chi connectivity index (χ1v) is 15.0. The van der Waals surface area contributed by atoms with Crippen molar-refractivity contribution < 1.29 is 19.1 Å². The highest BCUT2D eigenvalue weighted by Crippen LogP contribution is 2.36. The van der Waals surface area contributed by atoms with Crippen LogP contribution in [0.5, 0.6) is 11.5 Å². The quantitative estimate of drug-likeness (QED) is 0.0996. The molecule has 0 unspecified atom stereocenters. The summed E-state index contributed by atoms with van der Waals surface area (Å²) in [5, 5.41) is 4.39. The Hall–Kier alpha value is -4.20. The predicted molar refractivity (Wildman–Crippen MR) is 169 cm³/mol. The fourth-order valence-electron chi connectivity index (χ4n) is 4.83. The first-order chi connectivity index (χ1) is 20.1. The zero-order chi connectivity index (χ0) is 28.2. The van der Waals surface area contributed by atoms with Gasteiger partial charge in [0.05, 0.1) is 25.2 Å². The minimum Gasteiger partial charge on any atom is -0.493 e. The summed E-state index contributed by atoms with van der Waals surface area (Å²) in [6.07, 6.45) is 1.73. The van der Waals surface area contributed by atoms with Crippen LogP contribution in [0.15, 0.2) is 113 Å². The second-order valence-electron chi connectivity index (χ2n) is 9.53. The van der Waals surface area contributed by atoms with Gasteiger partial charge in [0.25, 0.3) is 11.1 Å². The zero-order valence-corrected chi connectivity index (χ0v) is 24.0. The summed E-state index contributed by atoms with van der Waals surface area (Å²) >= 11 is 2.71. The van der Waals surface area contributed by atoms with E-state index in [0.717, 1.165) is 39.4 Å². The number of hydrogen-bond acceptors (Lipinski definition) is 6. The molecule has 0 spiro atoms. The number of imide groups is 1. The van der Waals surface area contributed by atoms with Crippen LogP contribution in [0.4, 0.5) is 4.79 Å². The van der Waals surface area contributed by atoms with Crippen molar-refractivity contribution in [2.45, 2.75) is 11.4 Å². The van der Waals surface area contributed by atoms with Crippen molar-refractivity contribution >= 4 is 62.3 Å². The highest BCUT2D eigenvalue weighted by molar-refractivity contribution is 8.18. The summed E-state index contributed by atoms with van der Waals surface area (Å²) in [6.45, 7) is 0.747. The van der Waals surface area contributed by atoms with E-state index in [0.29, 0.717) is 23.0 Å². The van der Waals surface area contributed by atoms with Gasteiger partial charge in [-0.05, 0) is 74.8 Å². The van der Waals surface area contributed by atoms with Gasteiger partial charge in [0.2, 0.25) is 0 Å². The number of rotatable bonds is 9. The summed E-state index contributed by atoms with van der Waals surface area (Å²) in [7, 11) is 1.59. The van der Waals surface area contributed by atoms with Crippen molar-refractivity contribution in [3.8, 4) is 11.5 Å². The number of thioether (sulfide) groups is 2. The molecule has 1 fully saturated rings. The van der Waals surface area contributed by atoms with Crippen molar-refractivity contribution in [1.82, 2.24) is 4.90 Å². The lowest BCUT2D eigenvalue weighted by Gasteiger charge is -2.13. The Labute approximate surface area is 247 Å². The van der Waals surface area contributed by atoms with Crippen molar-refractivity contribution in [3.63, 3.8) is 0 Å². The van der Waals surface area contributed by atoms with Gasteiger partial charge < -0.3 is 9.47 Å². The van der Waals surface area contributed by atoms with Crippen LogP contribution in [0.3, 0.4) is 0 Å². The van der Waals surface area contributed by atoms with Crippen LogP contribution in [0.2, 0.25) is 0 Å².